The number of imidazole rings is 1. The molecule has 1 heterocycles. The zero-order valence-corrected chi connectivity index (χ0v) is 27.7. The second kappa shape index (κ2) is 12.4. The van der Waals surface area contributed by atoms with Crippen LogP contribution in [-0.4, -0.2) is 52.1 Å². The Labute approximate surface area is 250 Å². The highest BCUT2D eigenvalue weighted by molar-refractivity contribution is 6.76. The van der Waals surface area contributed by atoms with Crippen molar-refractivity contribution in [3.63, 3.8) is 0 Å². The molecule has 1 amide bonds. The van der Waals surface area contributed by atoms with Crippen molar-refractivity contribution >= 4 is 19.7 Å². The monoisotopic (exact) mass is 594 g/mol. The van der Waals surface area contributed by atoms with Crippen LogP contribution in [0.5, 0.6) is 5.75 Å². The number of amides is 1. The maximum absolute atomic E-state index is 13.2. The van der Waals surface area contributed by atoms with Crippen LogP contribution in [0.3, 0.4) is 0 Å². The first kappa shape index (κ1) is 33.0. The third kappa shape index (κ3) is 8.29. The number of ether oxygens (including phenoxy) is 1. The number of hydrogen-bond acceptors (Lipinski definition) is 6. The van der Waals surface area contributed by atoms with Gasteiger partial charge in [-0.25, -0.2) is 4.98 Å². The fourth-order valence-corrected chi connectivity index (χ4v) is 5.29. The van der Waals surface area contributed by atoms with Crippen molar-refractivity contribution in [2.24, 2.45) is 0 Å². The van der Waals surface area contributed by atoms with Gasteiger partial charge >= 0.3 is 0 Å². The van der Waals surface area contributed by atoms with Crippen molar-refractivity contribution in [2.75, 3.05) is 13.7 Å². The average Bonchev–Trinajstić information content (AvgIpc) is 3.26. The minimum atomic E-state index is -1.27. The van der Waals surface area contributed by atoms with Crippen LogP contribution in [0.4, 0.5) is 5.69 Å². The number of benzene rings is 2. The lowest BCUT2D eigenvalue weighted by Crippen LogP contribution is -2.28. The first-order valence-corrected chi connectivity index (χ1v) is 18.0. The number of nitrogens with zero attached hydrogens (tertiary/aromatic N) is 4. The standard InChI is InChI=1S/C32H46N4O5Si/c1-31(2,3)25-17-23(18-26(29(25)37)32(4,5)6)27-19-35(21-41-15-16-42(8,9)10)28(33-27)20-34(7)30(38)22-11-13-24(14-12-22)36(39)40/h11-14,17-19,37H,15-16,20-21H2,1-10H3. The number of nitro benzene ring substituents is 1. The predicted molar refractivity (Wildman–Crippen MR) is 170 cm³/mol. The Kier molecular flexibility index (Phi) is 9.73. The van der Waals surface area contributed by atoms with Gasteiger partial charge in [0, 0.05) is 62.3 Å². The predicted octanol–water partition coefficient (Wildman–Crippen LogP) is 7.34. The van der Waals surface area contributed by atoms with Gasteiger partial charge in [-0.1, -0.05) is 61.2 Å². The van der Waals surface area contributed by atoms with Crippen LogP contribution in [0.1, 0.15) is 68.9 Å². The van der Waals surface area contributed by atoms with Gasteiger partial charge in [-0.05, 0) is 41.1 Å². The van der Waals surface area contributed by atoms with Crippen LogP contribution in [0.15, 0.2) is 42.6 Å². The molecule has 0 bridgehead atoms. The summed E-state index contributed by atoms with van der Waals surface area (Å²) in [6, 6.07) is 10.6. The summed E-state index contributed by atoms with van der Waals surface area (Å²) < 4.78 is 8.00. The Hall–Kier alpha value is -3.50. The minimum Gasteiger partial charge on any atom is -0.507 e. The Morgan fingerprint density at radius 3 is 2.07 bits per heavy atom. The Bertz CT molecular complexity index is 1390. The molecular formula is C32H46N4O5Si. The van der Waals surface area contributed by atoms with Crippen LogP contribution in [0.2, 0.25) is 25.7 Å². The van der Waals surface area contributed by atoms with E-state index < -0.39 is 13.0 Å². The van der Waals surface area contributed by atoms with Crippen molar-refractivity contribution in [3.05, 3.63) is 75.2 Å². The second-order valence-electron chi connectivity index (χ2n) is 14.2. The SMILES string of the molecule is CN(Cc1nc(-c2cc(C(C)(C)C)c(O)c(C(C)(C)C)c2)cn1COCC[Si](C)(C)C)C(=O)c1ccc([N+](=O)[O-])cc1. The number of carbonyl (C=O) groups is 1. The third-order valence-corrected chi connectivity index (χ3v) is 8.86. The van der Waals surface area contributed by atoms with E-state index in [0.29, 0.717) is 30.5 Å². The van der Waals surface area contributed by atoms with Gasteiger partial charge in [-0.15, -0.1) is 0 Å². The van der Waals surface area contributed by atoms with E-state index in [1.54, 1.807) is 11.9 Å². The molecule has 1 N–H and O–H groups in total. The fourth-order valence-electron chi connectivity index (χ4n) is 4.53. The molecule has 0 saturated heterocycles. The molecular weight excluding hydrogens is 548 g/mol. The van der Waals surface area contributed by atoms with E-state index in [1.165, 1.54) is 24.3 Å². The Morgan fingerprint density at radius 2 is 1.60 bits per heavy atom. The average molecular weight is 595 g/mol. The smallest absolute Gasteiger partial charge is 0.269 e. The van der Waals surface area contributed by atoms with Crippen LogP contribution in [0, 0.1) is 10.1 Å². The van der Waals surface area contributed by atoms with Gasteiger partial charge in [0.15, 0.2) is 0 Å². The summed E-state index contributed by atoms with van der Waals surface area (Å²) in [6.07, 6.45) is 1.94. The van der Waals surface area contributed by atoms with Gasteiger partial charge in [-0.2, -0.15) is 0 Å². The molecule has 9 nitrogen and oxygen atoms in total. The van der Waals surface area contributed by atoms with E-state index in [0.717, 1.165) is 28.4 Å². The summed E-state index contributed by atoms with van der Waals surface area (Å²) in [7, 11) is 0.416. The van der Waals surface area contributed by atoms with E-state index in [9.17, 15) is 20.0 Å². The van der Waals surface area contributed by atoms with Crippen molar-refractivity contribution in [2.45, 2.75) is 91.3 Å². The number of hydrogen-bond donors (Lipinski definition) is 1. The molecule has 3 aromatic rings. The van der Waals surface area contributed by atoms with Crippen molar-refractivity contribution in [3.8, 4) is 17.0 Å². The zero-order chi connectivity index (χ0) is 31.6. The summed E-state index contributed by atoms with van der Waals surface area (Å²) in [5, 5.41) is 22.2. The Morgan fingerprint density at radius 1 is 1.05 bits per heavy atom. The van der Waals surface area contributed by atoms with E-state index in [1.807, 2.05) is 22.9 Å². The van der Waals surface area contributed by atoms with Gasteiger partial charge in [-0.3, -0.25) is 14.9 Å². The molecule has 42 heavy (non-hydrogen) atoms. The highest BCUT2D eigenvalue weighted by Gasteiger charge is 2.28. The van der Waals surface area contributed by atoms with E-state index in [-0.39, 0.29) is 29.0 Å². The number of carbonyl (C=O) groups excluding carboxylic acids is 1. The lowest BCUT2D eigenvalue weighted by molar-refractivity contribution is -0.384. The number of phenolic OH excluding ortho intramolecular Hbond substituents is 1. The maximum Gasteiger partial charge on any atom is 0.269 e. The van der Waals surface area contributed by atoms with Crippen molar-refractivity contribution in [1.82, 2.24) is 14.5 Å². The molecule has 10 heteroatoms. The summed E-state index contributed by atoms with van der Waals surface area (Å²) >= 11 is 0. The molecule has 0 aliphatic carbocycles. The molecule has 0 aliphatic rings. The van der Waals surface area contributed by atoms with Crippen LogP contribution in [0.25, 0.3) is 11.3 Å². The number of aromatic nitrogens is 2. The molecule has 1 aromatic heterocycles. The molecule has 0 unspecified atom stereocenters. The second-order valence-corrected chi connectivity index (χ2v) is 19.9. The number of phenols is 1. The number of nitro groups is 1. The van der Waals surface area contributed by atoms with Gasteiger partial charge in [0.25, 0.3) is 11.6 Å². The van der Waals surface area contributed by atoms with Crippen LogP contribution >= 0.6 is 0 Å². The third-order valence-electron chi connectivity index (χ3n) is 7.16. The molecule has 3 rings (SSSR count). The maximum atomic E-state index is 13.2. The number of aromatic hydroxyl groups is 1. The van der Waals surface area contributed by atoms with Crippen molar-refractivity contribution < 1.29 is 19.6 Å². The fraction of sp³-hybridized carbons (Fsp3) is 0.500. The molecule has 0 atom stereocenters. The molecule has 0 aliphatic heterocycles. The van der Waals surface area contributed by atoms with E-state index in [4.69, 9.17) is 9.72 Å². The first-order chi connectivity index (χ1) is 19.3. The largest absolute Gasteiger partial charge is 0.507 e. The Balaban J connectivity index is 2.01. The first-order valence-electron chi connectivity index (χ1n) is 14.3. The van der Waals surface area contributed by atoms with E-state index >= 15 is 0 Å². The van der Waals surface area contributed by atoms with E-state index in [2.05, 4.69) is 61.2 Å². The minimum absolute atomic E-state index is 0.0667. The quantitative estimate of drug-likeness (QED) is 0.114. The number of rotatable bonds is 10. The molecule has 2 aromatic carbocycles. The molecule has 0 fully saturated rings. The molecule has 228 valence electrons. The van der Waals surface area contributed by atoms with Gasteiger partial charge in [0.1, 0.15) is 18.3 Å². The topological polar surface area (TPSA) is 111 Å². The summed E-state index contributed by atoms with van der Waals surface area (Å²) in [5.41, 5.74) is 3.01. The molecule has 0 spiro atoms. The molecule has 0 saturated carbocycles. The summed E-state index contributed by atoms with van der Waals surface area (Å²) in [4.78, 5) is 30.2. The van der Waals surface area contributed by atoms with Gasteiger partial charge in [0.2, 0.25) is 0 Å². The highest BCUT2D eigenvalue weighted by atomic mass is 28.3. The van der Waals surface area contributed by atoms with Crippen LogP contribution in [-0.2, 0) is 28.8 Å². The normalized spacial score (nSPS) is 12.4. The van der Waals surface area contributed by atoms with Crippen LogP contribution < -0.4 is 0 Å². The lowest BCUT2D eigenvalue weighted by Gasteiger charge is -2.28. The van der Waals surface area contributed by atoms with Gasteiger partial charge in [0.05, 0.1) is 17.2 Å². The zero-order valence-electron chi connectivity index (χ0n) is 26.7. The summed E-state index contributed by atoms with van der Waals surface area (Å²) in [6.45, 7) is 20.5. The highest BCUT2D eigenvalue weighted by Crippen LogP contribution is 2.42. The molecule has 0 radical (unpaired) electrons. The van der Waals surface area contributed by atoms with Gasteiger partial charge < -0.3 is 19.3 Å². The summed E-state index contributed by atoms with van der Waals surface area (Å²) in [5.74, 6) is 0.690. The number of non-ortho nitro benzene ring substituents is 1. The lowest BCUT2D eigenvalue weighted by atomic mass is 9.78. The van der Waals surface area contributed by atoms with Crippen molar-refractivity contribution in [1.29, 1.82) is 0 Å².